The second-order valence-electron chi connectivity index (χ2n) is 11.1. The molecule has 8 heteroatoms. The van der Waals surface area contributed by atoms with E-state index in [2.05, 4.69) is 5.32 Å². The van der Waals surface area contributed by atoms with E-state index >= 15 is 0 Å². The third-order valence-electron chi connectivity index (χ3n) is 7.77. The summed E-state index contributed by atoms with van der Waals surface area (Å²) in [5, 5.41) is 3.07. The zero-order valence-corrected chi connectivity index (χ0v) is 26.6. The quantitative estimate of drug-likeness (QED) is 0.199. The average Bonchev–Trinajstić information content (AvgIpc) is 3.03. The van der Waals surface area contributed by atoms with Gasteiger partial charge in [0.2, 0.25) is 11.8 Å². The molecule has 0 heterocycles. The Kier molecular flexibility index (Phi) is 11.0. The number of hydrogen-bond acceptors (Lipinski definition) is 4. The number of nitrogens with zero attached hydrogens (tertiary/aromatic N) is 2. The molecule has 4 rings (SSSR count). The van der Waals surface area contributed by atoms with Crippen LogP contribution in [-0.2, 0) is 32.6 Å². The SMILES string of the molecule is CC[C@@H](C)NC(=O)[C@@H](Cc1ccccc1)N(Cc1ccccc1C)C(=O)CN(c1cccc(C)c1)S(=O)(=O)c1ccccc1. The van der Waals surface area contributed by atoms with Gasteiger partial charge < -0.3 is 10.2 Å². The Hall–Kier alpha value is -4.43. The Bertz CT molecular complexity index is 1660. The number of carbonyl (C=O) groups is 2. The van der Waals surface area contributed by atoms with Gasteiger partial charge in [-0.2, -0.15) is 0 Å². The first-order chi connectivity index (χ1) is 21.1. The molecule has 0 aromatic heterocycles. The topological polar surface area (TPSA) is 86.8 Å². The van der Waals surface area contributed by atoms with Crippen molar-refractivity contribution in [3.8, 4) is 0 Å². The van der Waals surface area contributed by atoms with Crippen molar-refractivity contribution in [3.63, 3.8) is 0 Å². The van der Waals surface area contributed by atoms with Crippen LogP contribution in [0.1, 0.15) is 42.5 Å². The second kappa shape index (κ2) is 14.8. The van der Waals surface area contributed by atoms with Crippen molar-refractivity contribution in [1.29, 1.82) is 0 Å². The van der Waals surface area contributed by atoms with Crippen molar-refractivity contribution in [3.05, 3.63) is 131 Å². The van der Waals surface area contributed by atoms with Crippen LogP contribution in [0.4, 0.5) is 5.69 Å². The Morgan fingerprint density at radius 3 is 2.09 bits per heavy atom. The zero-order chi connectivity index (χ0) is 31.7. The number of nitrogens with one attached hydrogen (secondary N) is 1. The fraction of sp³-hybridized carbons (Fsp3) is 0.278. The van der Waals surface area contributed by atoms with Gasteiger partial charge in [-0.05, 0) is 73.7 Å². The van der Waals surface area contributed by atoms with Gasteiger partial charge in [0.05, 0.1) is 10.6 Å². The molecule has 44 heavy (non-hydrogen) atoms. The molecule has 0 aliphatic rings. The van der Waals surface area contributed by atoms with E-state index in [9.17, 15) is 18.0 Å². The standard InChI is InChI=1S/C36H41N3O4S/c1-5-29(4)37-36(41)34(24-30-17-8-6-9-18-30)38(25-31-19-13-12-16-28(31)3)35(40)26-39(32-20-14-15-27(2)23-32)44(42,43)33-21-10-7-11-22-33/h6-23,29,34H,5,24-26H2,1-4H3,(H,37,41)/t29-,34-/m1/s1. The van der Waals surface area contributed by atoms with Gasteiger partial charge in [-0.15, -0.1) is 0 Å². The Morgan fingerprint density at radius 1 is 0.818 bits per heavy atom. The summed E-state index contributed by atoms with van der Waals surface area (Å²) in [6.07, 6.45) is 1.00. The maximum absolute atomic E-state index is 14.5. The molecule has 7 nitrogen and oxygen atoms in total. The number of amides is 2. The highest BCUT2D eigenvalue weighted by Crippen LogP contribution is 2.26. The van der Waals surface area contributed by atoms with Crippen molar-refractivity contribution in [2.45, 2.75) is 64.1 Å². The van der Waals surface area contributed by atoms with Crippen LogP contribution in [0, 0.1) is 13.8 Å². The summed E-state index contributed by atoms with van der Waals surface area (Å²) in [4.78, 5) is 30.1. The van der Waals surface area contributed by atoms with Crippen LogP contribution >= 0.6 is 0 Å². The number of benzene rings is 4. The molecule has 2 amide bonds. The molecule has 0 spiro atoms. The Balaban J connectivity index is 1.81. The zero-order valence-electron chi connectivity index (χ0n) is 25.8. The van der Waals surface area contributed by atoms with Gasteiger partial charge in [-0.1, -0.05) is 91.9 Å². The number of sulfonamides is 1. The van der Waals surface area contributed by atoms with Crippen molar-refractivity contribution in [2.24, 2.45) is 0 Å². The van der Waals surface area contributed by atoms with E-state index in [1.165, 1.54) is 17.0 Å². The van der Waals surface area contributed by atoms with Gasteiger partial charge in [0.15, 0.2) is 0 Å². The lowest BCUT2D eigenvalue weighted by Crippen LogP contribution is -2.54. The molecule has 0 saturated heterocycles. The first-order valence-corrected chi connectivity index (χ1v) is 16.4. The number of anilines is 1. The highest BCUT2D eigenvalue weighted by Gasteiger charge is 2.35. The van der Waals surface area contributed by atoms with Crippen LogP contribution in [0.5, 0.6) is 0 Å². The summed E-state index contributed by atoms with van der Waals surface area (Å²) in [6, 6.07) is 31.5. The van der Waals surface area contributed by atoms with Crippen LogP contribution in [0.25, 0.3) is 0 Å². The molecule has 0 bridgehead atoms. The minimum absolute atomic E-state index is 0.0788. The molecule has 0 radical (unpaired) electrons. The molecule has 230 valence electrons. The predicted molar refractivity (Wildman–Crippen MR) is 176 cm³/mol. The van der Waals surface area contributed by atoms with Gasteiger partial charge in [0.1, 0.15) is 12.6 Å². The van der Waals surface area contributed by atoms with Crippen molar-refractivity contribution >= 4 is 27.5 Å². The summed E-state index contributed by atoms with van der Waals surface area (Å²) in [7, 11) is -4.12. The van der Waals surface area contributed by atoms with E-state index in [-0.39, 0.29) is 29.8 Å². The minimum Gasteiger partial charge on any atom is -0.352 e. The molecular weight excluding hydrogens is 570 g/mol. The molecule has 0 unspecified atom stereocenters. The first kappa shape index (κ1) is 32.5. The largest absolute Gasteiger partial charge is 0.352 e. The lowest BCUT2D eigenvalue weighted by atomic mass is 10.0. The summed E-state index contributed by atoms with van der Waals surface area (Å²) in [5.74, 6) is -0.757. The lowest BCUT2D eigenvalue weighted by Gasteiger charge is -2.34. The molecule has 1 N–H and O–H groups in total. The van der Waals surface area contributed by atoms with Gasteiger partial charge in [0.25, 0.3) is 10.0 Å². The van der Waals surface area contributed by atoms with E-state index in [0.717, 1.165) is 33.0 Å². The van der Waals surface area contributed by atoms with Crippen molar-refractivity contribution in [1.82, 2.24) is 10.2 Å². The number of hydrogen-bond donors (Lipinski definition) is 1. The van der Waals surface area contributed by atoms with Gasteiger partial charge in [-0.3, -0.25) is 13.9 Å². The third-order valence-corrected chi connectivity index (χ3v) is 9.56. The maximum Gasteiger partial charge on any atom is 0.264 e. The molecule has 4 aromatic carbocycles. The third kappa shape index (κ3) is 8.14. The van der Waals surface area contributed by atoms with E-state index < -0.39 is 28.5 Å². The van der Waals surface area contributed by atoms with E-state index in [1.54, 1.807) is 36.4 Å². The fourth-order valence-electron chi connectivity index (χ4n) is 5.00. The van der Waals surface area contributed by atoms with Crippen LogP contribution < -0.4 is 9.62 Å². The highest BCUT2D eigenvalue weighted by molar-refractivity contribution is 7.92. The normalized spacial score (nSPS) is 12.6. The van der Waals surface area contributed by atoms with E-state index in [0.29, 0.717) is 5.69 Å². The Morgan fingerprint density at radius 2 is 1.45 bits per heavy atom. The van der Waals surface area contributed by atoms with Crippen molar-refractivity contribution in [2.75, 3.05) is 10.8 Å². The number of carbonyl (C=O) groups excluding carboxylic acids is 2. The molecule has 0 saturated carbocycles. The maximum atomic E-state index is 14.5. The molecule has 0 fully saturated rings. The van der Waals surface area contributed by atoms with E-state index in [4.69, 9.17) is 0 Å². The van der Waals surface area contributed by atoms with Gasteiger partial charge in [0, 0.05) is 19.0 Å². The Labute approximate surface area is 261 Å². The predicted octanol–water partition coefficient (Wildman–Crippen LogP) is 6.05. The lowest BCUT2D eigenvalue weighted by molar-refractivity contribution is -0.140. The molecular formula is C36H41N3O4S. The van der Waals surface area contributed by atoms with Crippen LogP contribution in [0.2, 0.25) is 0 Å². The smallest absolute Gasteiger partial charge is 0.264 e. The van der Waals surface area contributed by atoms with Crippen LogP contribution in [0.3, 0.4) is 0 Å². The molecule has 0 aliphatic carbocycles. The average molecular weight is 612 g/mol. The number of rotatable bonds is 13. The fourth-order valence-corrected chi connectivity index (χ4v) is 6.42. The first-order valence-electron chi connectivity index (χ1n) is 14.9. The van der Waals surface area contributed by atoms with E-state index in [1.807, 2.05) is 88.4 Å². The summed E-state index contributed by atoms with van der Waals surface area (Å²) >= 11 is 0. The molecule has 0 aliphatic heterocycles. The summed E-state index contributed by atoms with van der Waals surface area (Å²) in [6.45, 7) is 7.41. The highest BCUT2D eigenvalue weighted by atomic mass is 32.2. The van der Waals surface area contributed by atoms with Crippen LogP contribution in [-0.4, -0.2) is 43.8 Å². The summed E-state index contributed by atoms with van der Waals surface area (Å²) in [5.41, 5.74) is 3.98. The van der Waals surface area contributed by atoms with Gasteiger partial charge >= 0.3 is 0 Å². The summed E-state index contributed by atoms with van der Waals surface area (Å²) < 4.78 is 29.3. The number of aryl methyl sites for hydroxylation is 2. The van der Waals surface area contributed by atoms with Crippen molar-refractivity contribution < 1.29 is 18.0 Å². The molecule has 4 aromatic rings. The minimum atomic E-state index is -4.12. The van der Waals surface area contributed by atoms with Crippen LogP contribution in [0.15, 0.2) is 114 Å². The van der Waals surface area contributed by atoms with Gasteiger partial charge in [-0.25, -0.2) is 8.42 Å². The molecule has 2 atom stereocenters. The monoisotopic (exact) mass is 611 g/mol. The second-order valence-corrected chi connectivity index (χ2v) is 13.0.